The quantitative estimate of drug-likeness (QED) is 0.841. The van der Waals surface area contributed by atoms with Crippen LogP contribution in [0, 0.1) is 0 Å². The minimum Gasteiger partial charge on any atom is -0.423 e. The van der Waals surface area contributed by atoms with Crippen molar-refractivity contribution in [3.05, 3.63) is 18.2 Å². The number of hydrogen-bond acceptors (Lipinski definition) is 5. The molecule has 102 valence electrons. The second-order valence-corrected chi connectivity index (χ2v) is 4.53. The molecule has 0 aliphatic heterocycles. The van der Waals surface area contributed by atoms with Gasteiger partial charge in [-0.2, -0.15) is 4.98 Å². The molecule has 0 unspecified atom stereocenters. The van der Waals surface area contributed by atoms with E-state index in [1.165, 1.54) is 0 Å². The van der Waals surface area contributed by atoms with Crippen LogP contribution in [0.3, 0.4) is 0 Å². The fourth-order valence-corrected chi connectivity index (χ4v) is 1.68. The highest BCUT2D eigenvalue weighted by atomic mass is 16.4. The minimum atomic E-state index is 0.00335. The van der Waals surface area contributed by atoms with Gasteiger partial charge in [0.1, 0.15) is 12.1 Å². The molecule has 0 atom stereocenters. The van der Waals surface area contributed by atoms with E-state index in [1.807, 2.05) is 6.92 Å². The number of anilines is 2. The molecule has 1 aromatic heterocycles. The summed E-state index contributed by atoms with van der Waals surface area (Å²) in [5, 5.41) is 0. The van der Waals surface area contributed by atoms with Crippen LogP contribution >= 0.6 is 0 Å². The number of nitrogen functional groups attached to an aromatic ring is 1. The Bertz CT molecular complexity index is 591. The molecular weight excluding hydrogens is 244 g/mol. The summed E-state index contributed by atoms with van der Waals surface area (Å²) >= 11 is 0. The van der Waals surface area contributed by atoms with Gasteiger partial charge in [-0.05, 0) is 19.1 Å². The van der Waals surface area contributed by atoms with E-state index in [0.717, 1.165) is 5.52 Å². The van der Waals surface area contributed by atoms with Gasteiger partial charge < -0.3 is 20.0 Å². The smallest absolute Gasteiger partial charge is 0.298 e. The van der Waals surface area contributed by atoms with Crippen LogP contribution in [0.5, 0.6) is 0 Å². The molecule has 6 heteroatoms. The molecule has 0 radical (unpaired) electrons. The van der Waals surface area contributed by atoms with Gasteiger partial charge in [-0.15, -0.1) is 0 Å². The van der Waals surface area contributed by atoms with Gasteiger partial charge in [-0.3, -0.25) is 4.79 Å². The van der Waals surface area contributed by atoms with Crippen molar-refractivity contribution in [3.8, 4) is 0 Å². The second-order valence-electron chi connectivity index (χ2n) is 4.53. The van der Waals surface area contributed by atoms with E-state index in [1.54, 1.807) is 42.1 Å². The number of carbonyl (C=O) groups is 1. The Labute approximate surface area is 111 Å². The van der Waals surface area contributed by atoms with Crippen LogP contribution in [0.2, 0.25) is 0 Å². The van der Waals surface area contributed by atoms with E-state index >= 15 is 0 Å². The highest BCUT2D eigenvalue weighted by molar-refractivity contribution is 5.82. The molecule has 0 bridgehead atoms. The molecule has 0 aliphatic rings. The van der Waals surface area contributed by atoms with E-state index in [2.05, 4.69) is 4.98 Å². The van der Waals surface area contributed by atoms with Gasteiger partial charge in [-0.1, -0.05) is 0 Å². The number of rotatable bonds is 4. The summed E-state index contributed by atoms with van der Waals surface area (Å²) in [5.41, 5.74) is 7.69. The zero-order chi connectivity index (χ0) is 14.0. The predicted molar refractivity (Wildman–Crippen MR) is 75.0 cm³/mol. The Balaban J connectivity index is 2.28. The zero-order valence-corrected chi connectivity index (χ0v) is 11.4. The maximum absolute atomic E-state index is 11.7. The highest BCUT2D eigenvalue weighted by Crippen LogP contribution is 2.23. The van der Waals surface area contributed by atoms with E-state index < -0.39 is 0 Å². The molecule has 0 fully saturated rings. The Hall–Kier alpha value is -2.24. The lowest BCUT2D eigenvalue weighted by molar-refractivity contribution is -0.127. The fourth-order valence-electron chi connectivity index (χ4n) is 1.68. The first-order valence-electron chi connectivity index (χ1n) is 6.12. The van der Waals surface area contributed by atoms with Crippen LogP contribution in [0.15, 0.2) is 22.6 Å². The molecule has 2 N–H and O–H groups in total. The Morgan fingerprint density at radius 1 is 1.42 bits per heavy atom. The van der Waals surface area contributed by atoms with Crippen molar-refractivity contribution in [1.29, 1.82) is 0 Å². The summed E-state index contributed by atoms with van der Waals surface area (Å²) in [7, 11) is 3.45. The largest absolute Gasteiger partial charge is 0.423 e. The number of likely N-dealkylation sites (N-methyl/N-ethyl adjacent to an activating group) is 2. The number of benzene rings is 1. The monoisotopic (exact) mass is 262 g/mol. The Morgan fingerprint density at radius 3 is 2.79 bits per heavy atom. The van der Waals surface area contributed by atoms with Crippen LogP contribution in [-0.2, 0) is 4.79 Å². The van der Waals surface area contributed by atoms with Crippen LogP contribution in [0.4, 0.5) is 11.7 Å². The lowest BCUT2D eigenvalue weighted by atomic mass is 10.3. The minimum absolute atomic E-state index is 0.00335. The van der Waals surface area contributed by atoms with Gasteiger partial charge in [0.2, 0.25) is 5.91 Å². The Kier molecular flexibility index (Phi) is 3.59. The number of fused-ring (bicyclic) bond motifs is 1. The van der Waals surface area contributed by atoms with Gasteiger partial charge in [0.25, 0.3) is 6.01 Å². The van der Waals surface area contributed by atoms with Gasteiger partial charge in [0.05, 0.1) is 0 Å². The molecular formula is C13H18N4O2. The highest BCUT2D eigenvalue weighted by Gasteiger charge is 2.16. The topological polar surface area (TPSA) is 75.6 Å². The molecule has 0 saturated carbocycles. The number of nitrogens with two attached hydrogens (primary N) is 1. The van der Waals surface area contributed by atoms with Crippen LogP contribution < -0.4 is 10.6 Å². The first-order chi connectivity index (χ1) is 9.01. The summed E-state index contributed by atoms with van der Waals surface area (Å²) in [4.78, 5) is 19.5. The average Bonchev–Trinajstić information content (AvgIpc) is 2.77. The normalized spacial score (nSPS) is 10.7. The van der Waals surface area contributed by atoms with Crippen molar-refractivity contribution in [1.82, 2.24) is 9.88 Å². The number of nitrogens with zero attached hydrogens (tertiary/aromatic N) is 3. The summed E-state index contributed by atoms with van der Waals surface area (Å²) < 4.78 is 5.65. The summed E-state index contributed by atoms with van der Waals surface area (Å²) in [6.07, 6.45) is 0. The fraction of sp³-hybridized carbons (Fsp3) is 0.385. The van der Waals surface area contributed by atoms with Crippen molar-refractivity contribution >= 4 is 28.7 Å². The first kappa shape index (κ1) is 13.2. The molecule has 0 spiro atoms. The summed E-state index contributed by atoms with van der Waals surface area (Å²) in [6.45, 7) is 2.83. The third kappa shape index (κ3) is 2.78. The zero-order valence-electron chi connectivity index (χ0n) is 11.4. The standard InChI is InChI=1S/C13H18N4O2/c1-4-17(8-12(18)16(2)3)13-15-10-6-5-9(14)7-11(10)19-13/h5-7H,4,8,14H2,1-3H3. The van der Waals surface area contributed by atoms with E-state index in [-0.39, 0.29) is 12.5 Å². The molecule has 2 rings (SSSR count). The van der Waals surface area contributed by atoms with Crippen LogP contribution in [0.25, 0.3) is 11.1 Å². The SMILES string of the molecule is CCN(CC(=O)N(C)C)c1nc2ccc(N)cc2o1. The lowest BCUT2D eigenvalue weighted by Gasteiger charge is -2.20. The molecule has 0 aliphatic carbocycles. The maximum atomic E-state index is 11.7. The number of oxazole rings is 1. The van der Waals surface area contributed by atoms with Crippen LogP contribution in [0.1, 0.15) is 6.92 Å². The Morgan fingerprint density at radius 2 is 2.16 bits per heavy atom. The van der Waals surface area contributed by atoms with E-state index in [4.69, 9.17) is 10.2 Å². The molecule has 1 amide bonds. The summed E-state index contributed by atoms with van der Waals surface area (Å²) in [5.74, 6) is 0.00335. The number of hydrogen-bond donors (Lipinski definition) is 1. The molecule has 6 nitrogen and oxygen atoms in total. The number of aromatic nitrogens is 1. The third-order valence-electron chi connectivity index (χ3n) is 2.88. The molecule has 19 heavy (non-hydrogen) atoms. The van der Waals surface area contributed by atoms with Gasteiger partial charge in [0, 0.05) is 32.4 Å². The van der Waals surface area contributed by atoms with E-state index in [0.29, 0.717) is 23.8 Å². The van der Waals surface area contributed by atoms with E-state index in [9.17, 15) is 4.79 Å². The van der Waals surface area contributed by atoms with Gasteiger partial charge in [-0.25, -0.2) is 0 Å². The number of amides is 1. The van der Waals surface area contributed by atoms with Crippen molar-refractivity contribution in [2.45, 2.75) is 6.92 Å². The average molecular weight is 262 g/mol. The number of carbonyl (C=O) groups excluding carboxylic acids is 1. The maximum Gasteiger partial charge on any atom is 0.298 e. The van der Waals surface area contributed by atoms with Gasteiger partial charge >= 0.3 is 0 Å². The second kappa shape index (κ2) is 5.17. The lowest BCUT2D eigenvalue weighted by Crippen LogP contribution is -2.36. The molecule has 2 aromatic rings. The van der Waals surface area contributed by atoms with Crippen molar-refractivity contribution in [3.63, 3.8) is 0 Å². The first-order valence-corrected chi connectivity index (χ1v) is 6.12. The van der Waals surface area contributed by atoms with Crippen LogP contribution in [-0.4, -0.2) is 43.0 Å². The van der Waals surface area contributed by atoms with Crippen molar-refractivity contribution in [2.75, 3.05) is 37.8 Å². The molecule has 1 aromatic carbocycles. The summed E-state index contributed by atoms with van der Waals surface area (Å²) in [6, 6.07) is 5.75. The molecule has 1 heterocycles. The van der Waals surface area contributed by atoms with Crippen molar-refractivity contribution < 1.29 is 9.21 Å². The molecule has 0 saturated heterocycles. The van der Waals surface area contributed by atoms with Crippen molar-refractivity contribution in [2.24, 2.45) is 0 Å². The third-order valence-corrected chi connectivity index (χ3v) is 2.88. The predicted octanol–water partition coefficient (Wildman–Crippen LogP) is 1.32. The van der Waals surface area contributed by atoms with Gasteiger partial charge in [0.15, 0.2) is 5.58 Å².